The Labute approximate surface area is 104 Å². The van der Waals surface area contributed by atoms with Crippen LogP contribution in [0.15, 0.2) is 18.2 Å². The summed E-state index contributed by atoms with van der Waals surface area (Å²) in [6.07, 6.45) is 1.81. The number of nitrogens with one attached hydrogen (secondary N) is 1. The van der Waals surface area contributed by atoms with Crippen molar-refractivity contribution in [2.24, 2.45) is 11.7 Å². The summed E-state index contributed by atoms with van der Waals surface area (Å²) in [5, 5.41) is 2.73. The Hall–Kier alpha value is -1.49. The normalized spacial score (nSPS) is 16.4. The van der Waals surface area contributed by atoms with E-state index in [1.165, 1.54) is 6.07 Å². The van der Waals surface area contributed by atoms with Gasteiger partial charge in [-0.05, 0) is 30.9 Å². The predicted octanol–water partition coefficient (Wildman–Crippen LogP) is 1.36. The molecule has 0 aliphatic heterocycles. The highest BCUT2D eigenvalue weighted by molar-refractivity contribution is 5.79. The topological polar surface area (TPSA) is 55.1 Å². The van der Waals surface area contributed by atoms with Crippen molar-refractivity contribution in [2.75, 3.05) is 6.54 Å². The van der Waals surface area contributed by atoms with E-state index in [4.69, 9.17) is 5.73 Å². The minimum Gasteiger partial charge on any atom is -0.352 e. The van der Waals surface area contributed by atoms with Gasteiger partial charge in [0.25, 0.3) is 0 Å². The van der Waals surface area contributed by atoms with Crippen molar-refractivity contribution in [3.8, 4) is 0 Å². The van der Waals surface area contributed by atoms with Crippen LogP contribution >= 0.6 is 0 Å². The van der Waals surface area contributed by atoms with E-state index in [0.717, 1.165) is 25.0 Å². The summed E-state index contributed by atoms with van der Waals surface area (Å²) in [4.78, 5) is 11.7. The molecule has 1 amide bonds. The van der Waals surface area contributed by atoms with Crippen LogP contribution in [0.1, 0.15) is 18.4 Å². The van der Waals surface area contributed by atoms with Gasteiger partial charge in [-0.15, -0.1) is 0 Å². The van der Waals surface area contributed by atoms with Gasteiger partial charge in [-0.1, -0.05) is 6.07 Å². The second-order valence-corrected chi connectivity index (χ2v) is 4.62. The molecule has 1 aromatic rings. The Kier molecular flexibility index (Phi) is 3.91. The molecule has 0 spiro atoms. The summed E-state index contributed by atoms with van der Waals surface area (Å²) in [6, 6.07) is 3.49. The lowest BCUT2D eigenvalue weighted by Crippen LogP contribution is -2.42. The van der Waals surface area contributed by atoms with E-state index in [1.807, 2.05) is 0 Å². The molecule has 0 saturated heterocycles. The fourth-order valence-electron chi connectivity index (χ4n) is 1.99. The molecule has 18 heavy (non-hydrogen) atoms. The quantitative estimate of drug-likeness (QED) is 0.833. The number of rotatable bonds is 5. The number of carbonyl (C=O) groups excluding carboxylic acids is 1. The molecule has 1 saturated carbocycles. The molecule has 1 aromatic carbocycles. The first-order valence-electron chi connectivity index (χ1n) is 6.04. The number of nitrogens with two attached hydrogens (primary N) is 1. The van der Waals surface area contributed by atoms with Gasteiger partial charge in [0.2, 0.25) is 5.91 Å². The van der Waals surface area contributed by atoms with Crippen LogP contribution in [-0.4, -0.2) is 18.5 Å². The largest absolute Gasteiger partial charge is 0.352 e. The highest BCUT2D eigenvalue weighted by Crippen LogP contribution is 2.32. The van der Waals surface area contributed by atoms with Gasteiger partial charge in [-0.2, -0.15) is 0 Å². The Morgan fingerprint density at radius 1 is 1.39 bits per heavy atom. The average molecular weight is 254 g/mol. The van der Waals surface area contributed by atoms with E-state index in [1.54, 1.807) is 0 Å². The van der Waals surface area contributed by atoms with Crippen LogP contribution in [0.3, 0.4) is 0 Å². The van der Waals surface area contributed by atoms with E-state index in [0.29, 0.717) is 12.5 Å². The van der Waals surface area contributed by atoms with Crippen LogP contribution in [0.25, 0.3) is 0 Å². The van der Waals surface area contributed by atoms with Crippen molar-refractivity contribution in [3.05, 3.63) is 35.4 Å². The summed E-state index contributed by atoms with van der Waals surface area (Å²) in [6.45, 7) is 0.357. The van der Waals surface area contributed by atoms with Crippen LogP contribution in [0.4, 0.5) is 8.78 Å². The molecule has 5 heteroatoms. The first-order chi connectivity index (χ1) is 8.61. The molecular weight excluding hydrogens is 238 g/mol. The summed E-state index contributed by atoms with van der Waals surface area (Å²) in [5.74, 6) is -1.35. The smallest absolute Gasteiger partial charge is 0.224 e. The number of halogens is 2. The standard InChI is InChI=1S/C13H16F2N2O/c14-10-2-1-3-11(15)9(10)6-13(18)17-12(7-16)8-4-5-8/h1-3,8,12H,4-7,16H2,(H,17,18). The van der Waals surface area contributed by atoms with Gasteiger partial charge in [-0.3, -0.25) is 4.79 Å². The molecule has 1 atom stereocenters. The summed E-state index contributed by atoms with van der Waals surface area (Å²) < 4.78 is 26.7. The number of hydrogen-bond donors (Lipinski definition) is 2. The Bertz CT molecular complexity index is 426. The lowest BCUT2D eigenvalue weighted by Gasteiger charge is -2.16. The van der Waals surface area contributed by atoms with E-state index in [9.17, 15) is 13.6 Å². The molecule has 0 radical (unpaired) electrons. The van der Waals surface area contributed by atoms with E-state index >= 15 is 0 Å². The zero-order valence-electron chi connectivity index (χ0n) is 9.96. The van der Waals surface area contributed by atoms with Crippen LogP contribution < -0.4 is 11.1 Å². The molecule has 1 aliphatic carbocycles. The number of hydrogen-bond acceptors (Lipinski definition) is 2. The third-order valence-electron chi connectivity index (χ3n) is 3.19. The summed E-state index contributed by atoms with van der Waals surface area (Å²) >= 11 is 0. The van der Waals surface area contributed by atoms with E-state index in [2.05, 4.69) is 5.32 Å². The summed E-state index contributed by atoms with van der Waals surface area (Å²) in [7, 11) is 0. The molecule has 0 heterocycles. The molecule has 1 unspecified atom stereocenters. The summed E-state index contributed by atoms with van der Waals surface area (Å²) in [5.41, 5.74) is 5.36. The minimum absolute atomic E-state index is 0.0765. The van der Waals surface area contributed by atoms with Gasteiger partial charge in [-0.25, -0.2) is 8.78 Å². The van der Waals surface area contributed by atoms with Gasteiger partial charge < -0.3 is 11.1 Å². The monoisotopic (exact) mass is 254 g/mol. The van der Waals surface area contributed by atoms with Gasteiger partial charge in [0.15, 0.2) is 0 Å². The maximum Gasteiger partial charge on any atom is 0.224 e. The SMILES string of the molecule is NCC(NC(=O)Cc1c(F)cccc1F)C1CC1. The lowest BCUT2D eigenvalue weighted by molar-refractivity contribution is -0.121. The highest BCUT2D eigenvalue weighted by atomic mass is 19.1. The average Bonchev–Trinajstić information content (AvgIpc) is 3.15. The van der Waals surface area contributed by atoms with Crippen LogP contribution in [0.2, 0.25) is 0 Å². The van der Waals surface area contributed by atoms with Gasteiger partial charge >= 0.3 is 0 Å². The van der Waals surface area contributed by atoms with Gasteiger partial charge in [0.1, 0.15) is 11.6 Å². The fraction of sp³-hybridized carbons (Fsp3) is 0.462. The van der Waals surface area contributed by atoms with Gasteiger partial charge in [0.05, 0.1) is 6.42 Å². The zero-order valence-corrected chi connectivity index (χ0v) is 9.96. The Morgan fingerprint density at radius 2 is 2.00 bits per heavy atom. The van der Waals surface area contributed by atoms with E-state index in [-0.39, 0.29) is 23.9 Å². The minimum atomic E-state index is -0.694. The first-order valence-corrected chi connectivity index (χ1v) is 6.04. The Morgan fingerprint density at radius 3 is 2.50 bits per heavy atom. The molecule has 1 aliphatic rings. The van der Waals surface area contributed by atoms with Crippen molar-refractivity contribution in [2.45, 2.75) is 25.3 Å². The first kappa shape index (κ1) is 13.0. The van der Waals surface area contributed by atoms with Crippen molar-refractivity contribution in [1.82, 2.24) is 5.32 Å². The van der Waals surface area contributed by atoms with Crippen molar-refractivity contribution >= 4 is 5.91 Å². The maximum atomic E-state index is 13.4. The van der Waals surface area contributed by atoms with Crippen molar-refractivity contribution in [1.29, 1.82) is 0 Å². The third kappa shape index (κ3) is 3.04. The molecule has 1 fully saturated rings. The number of carbonyl (C=O) groups is 1. The lowest BCUT2D eigenvalue weighted by atomic mass is 10.1. The predicted molar refractivity (Wildman–Crippen MR) is 63.8 cm³/mol. The second kappa shape index (κ2) is 5.44. The fourth-order valence-corrected chi connectivity index (χ4v) is 1.99. The molecule has 0 bridgehead atoms. The Balaban J connectivity index is 1.98. The van der Waals surface area contributed by atoms with Gasteiger partial charge in [0, 0.05) is 18.2 Å². The van der Waals surface area contributed by atoms with Crippen LogP contribution in [0.5, 0.6) is 0 Å². The highest BCUT2D eigenvalue weighted by Gasteiger charge is 2.31. The number of amides is 1. The molecule has 2 rings (SSSR count). The molecule has 0 aromatic heterocycles. The van der Waals surface area contributed by atoms with Crippen LogP contribution in [0, 0.1) is 17.6 Å². The zero-order chi connectivity index (χ0) is 13.1. The van der Waals surface area contributed by atoms with Crippen molar-refractivity contribution < 1.29 is 13.6 Å². The maximum absolute atomic E-state index is 13.4. The molecule has 3 N–H and O–H groups in total. The van der Waals surface area contributed by atoms with Crippen LogP contribution in [-0.2, 0) is 11.2 Å². The second-order valence-electron chi connectivity index (χ2n) is 4.62. The molecule has 3 nitrogen and oxygen atoms in total. The molecule has 98 valence electrons. The third-order valence-corrected chi connectivity index (χ3v) is 3.19. The van der Waals surface area contributed by atoms with Crippen molar-refractivity contribution in [3.63, 3.8) is 0 Å². The number of benzene rings is 1. The molecular formula is C13H16F2N2O. The van der Waals surface area contributed by atoms with E-state index < -0.39 is 11.6 Å².